The number of alkyl carbamates (subject to hydrolysis) is 1. The Kier molecular flexibility index (Phi) is 3.73. The Morgan fingerprint density at radius 3 is 3.35 bits per heavy atom. The van der Waals surface area contributed by atoms with Crippen LogP contribution in [0, 0.1) is 5.92 Å². The van der Waals surface area contributed by atoms with Crippen LogP contribution in [0.3, 0.4) is 0 Å². The van der Waals surface area contributed by atoms with Crippen LogP contribution < -0.4 is 5.32 Å². The Morgan fingerprint density at radius 1 is 1.76 bits per heavy atom. The smallest absolute Gasteiger partial charge is 0.407 e. The van der Waals surface area contributed by atoms with Crippen LogP contribution >= 0.6 is 11.8 Å². The Labute approximate surface area is 104 Å². The number of thioether (sulfide) groups is 1. The van der Waals surface area contributed by atoms with Gasteiger partial charge in [-0.1, -0.05) is 12.2 Å². The molecule has 0 radical (unpaired) electrons. The maximum absolute atomic E-state index is 11.7. The van der Waals surface area contributed by atoms with E-state index in [1.165, 1.54) is 0 Å². The first-order valence-corrected chi connectivity index (χ1v) is 6.41. The molecule has 2 atom stereocenters. The summed E-state index contributed by atoms with van der Waals surface area (Å²) < 4.78 is 4.98. The Morgan fingerprint density at radius 2 is 2.59 bits per heavy atom. The van der Waals surface area contributed by atoms with E-state index in [4.69, 9.17) is 4.74 Å². The van der Waals surface area contributed by atoms with E-state index in [0.717, 1.165) is 5.75 Å². The number of rotatable bonds is 4. The van der Waals surface area contributed by atoms with Gasteiger partial charge in [-0.25, -0.2) is 4.79 Å². The number of hydrogen-bond donors (Lipinski definition) is 1. The van der Waals surface area contributed by atoms with Gasteiger partial charge in [-0.2, -0.15) is 0 Å². The molecule has 5 nitrogen and oxygen atoms in total. The molecule has 2 rings (SSSR count). The highest BCUT2D eigenvalue weighted by atomic mass is 32.2. The fraction of sp³-hybridized carbons (Fsp3) is 0.455. The maximum atomic E-state index is 11.7. The standard InChI is InChI=1S/C11H14N2O3S/c1-2-4-12-11(15)16-7-8-9(14)13-5-3-6-17-10(8)13/h2-3,5,8,10H,1,4,6-7H2,(H,12,15)/t8?,10-/m0/s1. The molecule has 0 bridgehead atoms. The second-order valence-corrected chi connectivity index (χ2v) is 4.88. The summed E-state index contributed by atoms with van der Waals surface area (Å²) in [7, 11) is 0. The van der Waals surface area contributed by atoms with Crippen LogP contribution in [-0.4, -0.2) is 41.2 Å². The van der Waals surface area contributed by atoms with E-state index in [1.54, 1.807) is 28.9 Å². The monoisotopic (exact) mass is 254 g/mol. The van der Waals surface area contributed by atoms with Crippen LogP contribution in [0.25, 0.3) is 0 Å². The number of hydrogen-bond acceptors (Lipinski definition) is 4. The van der Waals surface area contributed by atoms with Gasteiger partial charge in [0.05, 0.1) is 5.37 Å². The fourth-order valence-electron chi connectivity index (χ4n) is 1.74. The molecule has 17 heavy (non-hydrogen) atoms. The topological polar surface area (TPSA) is 58.6 Å². The van der Waals surface area contributed by atoms with Gasteiger partial charge in [0.25, 0.3) is 0 Å². The van der Waals surface area contributed by atoms with Gasteiger partial charge in [0.1, 0.15) is 12.5 Å². The predicted molar refractivity (Wildman–Crippen MR) is 65.3 cm³/mol. The zero-order valence-corrected chi connectivity index (χ0v) is 10.1. The molecule has 0 aliphatic carbocycles. The Balaban J connectivity index is 1.77. The molecular weight excluding hydrogens is 240 g/mol. The lowest BCUT2D eigenvalue weighted by atomic mass is 10.00. The molecule has 6 heteroatoms. The summed E-state index contributed by atoms with van der Waals surface area (Å²) in [5.41, 5.74) is 0. The second kappa shape index (κ2) is 5.27. The van der Waals surface area contributed by atoms with E-state index in [2.05, 4.69) is 11.9 Å². The quantitative estimate of drug-likeness (QED) is 0.599. The summed E-state index contributed by atoms with van der Waals surface area (Å²) in [5.74, 6) is 0.711. The van der Waals surface area contributed by atoms with Crippen molar-refractivity contribution >= 4 is 23.8 Å². The fourth-order valence-corrected chi connectivity index (χ4v) is 2.90. The first kappa shape index (κ1) is 12.0. The van der Waals surface area contributed by atoms with E-state index in [-0.39, 0.29) is 23.8 Å². The summed E-state index contributed by atoms with van der Waals surface area (Å²) in [4.78, 5) is 24.5. The number of carbonyl (C=O) groups is 2. The molecule has 1 N–H and O–H groups in total. The van der Waals surface area contributed by atoms with Crippen molar-refractivity contribution in [1.29, 1.82) is 0 Å². The summed E-state index contributed by atoms with van der Waals surface area (Å²) in [6.45, 7) is 3.99. The molecule has 0 aromatic rings. The SMILES string of the molecule is C=CCNC(=O)OCC1C(=O)N2C=CCS[C@@H]12. The molecule has 2 aliphatic heterocycles. The lowest BCUT2D eigenvalue weighted by Crippen LogP contribution is -2.59. The molecule has 1 fully saturated rings. The zero-order valence-electron chi connectivity index (χ0n) is 9.30. The van der Waals surface area contributed by atoms with Crippen molar-refractivity contribution < 1.29 is 14.3 Å². The van der Waals surface area contributed by atoms with Crippen molar-refractivity contribution in [2.45, 2.75) is 5.37 Å². The van der Waals surface area contributed by atoms with Crippen molar-refractivity contribution in [3.05, 3.63) is 24.9 Å². The molecule has 2 heterocycles. The third-order valence-corrected chi connectivity index (χ3v) is 3.89. The number of fused-ring (bicyclic) bond motifs is 1. The third kappa shape index (κ3) is 2.46. The number of amides is 2. The lowest BCUT2D eigenvalue weighted by Gasteiger charge is -2.45. The predicted octanol–water partition coefficient (Wildman–Crippen LogP) is 0.944. The molecule has 0 saturated carbocycles. The van der Waals surface area contributed by atoms with Crippen LogP contribution in [-0.2, 0) is 9.53 Å². The summed E-state index contributed by atoms with van der Waals surface area (Å²) in [5, 5.41) is 2.62. The van der Waals surface area contributed by atoms with Crippen LogP contribution in [0.2, 0.25) is 0 Å². The minimum absolute atomic E-state index is 0.0231. The minimum Gasteiger partial charge on any atom is -0.449 e. The van der Waals surface area contributed by atoms with Crippen molar-refractivity contribution in [1.82, 2.24) is 10.2 Å². The van der Waals surface area contributed by atoms with Crippen molar-refractivity contribution in [3.8, 4) is 0 Å². The van der Waals surface area contributed by atoms with E-state index in [9.17, 15) is 9.59 Å². The molecular formula is C11H14N2O3S. The van der Waals surface area contributed by atoms with Crippen molar-refractivity contribution in [2.24, 2.45) is 5.92 Å². The lowest BCUT2D eigenvalue weighted by molar-refractivity contribution is -0.147. The minimum atomic E-state index is -0.507. The van der Waals surface area contributed by atoms with E-state index >= 15 is 0 Å². The average Bonchev–Trinajstić information content (AvgIpc) is 2.36. The van der Waals surface area contributed by atoms with Gasteiger partial charge >= 0.3 is 6.09 Å². The van der Waals surface area contributed by atoms with E-state index < -0.39 is 6.09 Å². The molecule has 0 aromatic carbocycles. The highest BCUT2D eigenvalue weighted by Crippen LogP contribution is 2.38. The summed E-state index contributed by atoms with van der Waals surface area (Å²) in [6.07, 6.45) is 4.82. The van der Waals surface area contributed by atoms with Gasteiger partial charge in [-0.15, -0.1) is 18.3 Å². The number of nitrogens with zero attached hydrogens (tertiary/aromatic N) is 1. The van der Waals surface area contributed by atoms with Crippen molar-refractivity contribution in [2.75, 3.05) is 18.9 Å². The van der Waals surface area contributed by atoms with Gasteiger partial charge in [0, 0.05) is 18.5 Å². The first-order valence-electron chi connectivity index (χ1n) is 5.36. The number of β-lactam (4-membered cyclic amide) rings is 1. The molecule has 1 unspecified atom stereocenters. The van der Waals surface area contributed by atoms with Crippen LogP contribution in [0.1, 0.15) is 0 Å². The van der Waals surface area contributed by atoms with Gasteiger partial charge in [-0.05, 0) is 0 Å². The van der Waals surface area contributed by atoms with E-state index in [0.29, 0.717) is 6.54 Å². The van der Waals surface area contributed by atoms with Crippen LogP contribution in [0.4, 0.5) is 4.79 Å². The maximum Gasteiger partial charge on any atom is 0.407 e. The molecule has 2 amide bonds. The van der Waals surface area contributed by atoms with Crippen LogP contribution in [0.5, 0.6) is 0 Å². The highest BCUT2D eigenvalue weighted by Gasteiger charge is 2.48. The molecule has 0 spiro atoms. The first-order chi connectivity index (χ1) is 8.24. The average molecular weight is 254 g/mol. The number of carbonyl (C=O) groups excluding carboxylic acids is 2. The second-order valence-electron chi connectivity index (χ2n) is 3.73. The van der Waals surface area contributed by atoms with E-state index in [1.807, 2.05) is 6.08 Å². The molecule has 1 saturated heterocycles. The van der Waals surface area contributed by atoms with Gasteiger partial charge in [0.2, 0.25) is 5.91 Å². The molecule has 92 valence electrons. The number of nitrogens with one attached hydrogen (secondary N) is 1. The molecule has 0 aromatic heterocycles. The van der Waals surface area contributed by atoms with Crippen molar-refractivity contribution in [3.63, 3.8) is 0 Å². The Bertz CT molecular complexity index is 370. The normalized spacial score (nSPS) is 25.9. The van der Waals surface area contributed by atoms with Crippen LogP contribution in [0.15, 0.2) is 24.9 Å². The Hall–Kier alpha value is -1.43. The zero-order chi connectivity index (χ0) is 12.3. The largest absolute Gasteiger partial charge is 0.449 e. The molecule has 2 aliphatic rings. The summed E-state index contributed by atoms with van der Waals surface area (Å²) >= 11 is 1.68. The van der Waals surface area contributed by atoms with Gasteiger partial charge in [0.15, 0.2) is 0 Å². The van der Waals surface area contributed by atoms with Gasteiger partial charge in [-0.3, -0.25) is 4.79 Å². The summed E-state index contributed by atoms with van der Waals surface area (Å²) in [6, 6.07) is 0. The van der Waals surface area contributed by atoms with Gasteiger partial charge < -0.3 is 15.0 Å². The number of ether oxygens (including phenoxy) is 1. The highest BCUT2D eigenvalue weighted by molar-refractivity contribution is 8.00. The third-order valence-electron chi connectivity index (χ3n) is 2.60.